The second kappa shape index (κ2) is 5.54. The Morgan fingerprint density at radius 1 is 1.20 bits per heavy atom. The summed E-state index contributed by atoms with van der Waals surface area (Å²) in [7, 11) is 1.91. The fraction of sp³-hybridized carbons (Fsp3) is 0.333. The first-order chi connectivity index (χ1) is 12.0. The number of rotatable bonds is 2. The molecule has 0 aromatic carbocycles. The van der Waals surface area contributed by atoms with E-state index in [-0.39, 0.29) is 22.9 Å². The van der Waals surface area contributed by atoms with Crippen LogP contribution in [0.5, 0.6) is 0 Å². The average Bonchev–Trinajstić information content (AvgIpc) is 2.86. The van der Waals surface area contributed by atoms with Crippen LogP contribution in [-0.2, 0) is 7.05 Å². The number of likely N-dealkylation sites (tertiary alicyclic amines) is 1. The number of hydrogen-bond acceptors (Lipinski definition) is 4. The molecule has 3 aromatic rings. The van der Waals surface area contributed by atoms with Gasteiger partial charge in [-0.2, -0.15) is 5.10 Å². The molecule has 3 aromatic heterocycles. The van der Waals surface area contributed by atoms with Crippen molar-refractivity contribution in [2.75, 3.05) is 13.1 Å². The lowest BCUT2D eigenvalue weighted by Crippen LogP contribution is -2.50. The molecule has 1 saturated heterocycles. The summed E-state index contributed by atoms with van der Waals surface area (Å²) in [5.41, 5.74) is 3.55. The van der Waals surface area contributed by atoms with Gasteiger partial charge in [-0.25, -0.2) is 4.98 Å². The van der Waals surface area contributed by atoms with Crippen molar-refractivity contribution in [1.82, 2.24) is 24.1 Å². The number of carbonyl (C=O) groups excluding carboxylic acids is 1. The van der Waals surface area contributed by atoms with E-state index < -0.39 is 0 Å². The number of nitrogens with zero attached hydrogens (tertiary/aromatic N) is 5. The highest BCUT2D eigenvalue weighted by Gasteiger charge is 2.35. The van der Waals surface area contributed by atoms with Gasteiger partial charge in [-0.15, -0.1) is 0 Å². The maximum Gasteiger partial charge on any atom is 0.270 e. The molecule has 4 rings (SSSR count). The van der Waals surface area contributed by atoms with Gasteiger partial charge in [0.2, 0.25) is 0 Å². The van der Waals surface area contributed by atoms with Crippen molar-refractivity contribution in [3.8, 4) is 0 Å². The molecule has 4 heterocycles. The van der Waals surface area contributed by atoms with E-state index in [0.717, 1.165) is 16.8 Å². The Kier molecular flexibility index (Phi) is 3.45. The lowest BCUT2D eigenvalue weighted by Gasteiger charge is -2.39. The van der Waals surface area contributed by atoms with Gasteiger partial charge >= 0.3 is 0 Å². The zero-order valence-electron chi connectivity index (χ0n) is 14.4. The van der Waals surface area contributed by atoms with Crippen LogP contribution in [0, 0.1) is 13.8 Å². The second-order valence-electron chi connectivity index (χ2n) is 6.66. The van der Waals surface area contributed by atoms with E-state index in [1.54, 1.807) is 17.2 Å². The number of aromatic nitrogens is 4. The minimum Gasteiger partial charge on any atom is -0.337 e. The summed E-state index contributed by atoms with van der Waals surface area (Å²) in [6, 6.07) is 3.66. The molecule has 7 nitrogen and oxygen atoms in total. The normalized spacial score (nSPS) is 14.8. The second-order valence-corrected chi connectivity index (χ2v) is 6.66. The van der Waals surface area contributed by atoms with E-state index in [0.29, 0.717) is 18.7 Å². The number of amides is 1. The van der Waals surface area contributed by atoms with Crippen LogP contribution >= 0.6 is 0 Å². The first kappa shape index (κ1) is 15.6. The molecule has 0 N–H and O–H groups in total. The van der Waals surface area contributed by atoms with E-state index in [4.69, 9.17) is 0 Å². The van der Waals surface area contributed by atoms with Crippen LogP contribution in [0.15, 0.2) is 35.5 Å². The van der Waals surface area contributed by atoms with Crippen LogP contribution in [0.3, 0.4) is 0 Å². The number of fused-ring (bicyclic) bond motifs is 1. The van der Waals surface area contributed by atoms with Gasteiger partial charge in [-0.1, -0.05) is 6.07 Å². The summed E-state index contributed by atoms with van der Waals surface area (Å²) in [5.74, 6) is -0.000609. The minimum atomic E-state index is -0.320. The van der Waals surface area contributed by atoms with Crippen LogP contribution in [-0.4, -0.2) is 43.1 Å². The Morgan fingerprint density at radius 3 is 2.64 bits per heavy atom. The van der Waals surface area contributed by atoms with Crippen molar-refractivity contribution < 1.29 is 4.79 Å². The fourth-order valence-electron chi connectivity index (χ4n) is 3.46. The summed E-state index contributed by atoms with van der Waals surface area (Å²) in [4.78, 5) is 31.3. The van der Waals surface area contributed by atoms with E-state index in [1.165, 1.54) is 10.6 Å². The molecule has 7 heteroatoms. The van der Waals surface area contributed by atoms with Crippen LogP contribution in [0.4, 0.5) is 0 Å². The Labute approximate surface area is 144 Å². The Morgan fingerprint density at radius 2 is 1.96 bits per heavy atom. The molecular formula is C18H19N5O2. The van der Waals surface area contributed by atoms with E-state index >= 15 is 0 Å². The Hall–Kier alpha value is -2.96. The van der Waals surface area contributed by atoms with Gasteiger partial charge in [0.25, 0.3) is 11.5 Å². The van der Waals surface area contributed by atoms with Crippen LogP contribution in [0.1, 0.15) is 33.1 Å². The molecule has 1 aliphatic heterocycles. The molecule has 0 unspecified atom stereocenters. The lowest BCUT2D eigenvalue weighted by molar-refractivity contribution is 0.0592. The van der Waals surface area contributed by atoms with Gasteiger partial charge in [0.15, 0.2) is 0 Å². The highest BCUT2D eigenvalue weighted by Crippen LogP contribution is 2.29. The van der Waals surface area contributed by atoms with E-state index in [1.807, 2.05) is 37.8 Å². The summed E-state index contributed by atoms with van der Waals surface area (Å²) in [6.07, 6.45) is 4.93. The third-order valence-corrected chi connectivity index (χ3v) is 4.81. The summed E-state index contributed by atoms with van der Waals surface area (Å²) < 4.78 is 3.29. The van der Waals surface area contributed by atoms with Gasteiger partial charge in [0, 0.05) is 44.1 Å². The van der Waals surface area contributed by atoms with Gasteiger partial charge in [0.1, 0.15) is 11.2 Å². The van der Waals surface area contributed by atoms with Crippen LogP contribution in [0.2, 0.25) is 0 Å². The highest BCUT2D eigenvalue weighted by atomic mass is 16.2. The molecule has 0 saturated carbocycles. The monoisotopic (exact) mass is 337 g/mol. The smallest absolute Gasteiger partial charge is 0.270 e. The van der Waals surface area contributed by atoms with Gasteiger partial charge in [0.05, 0.1) is 6.20 Å². The minimum absolute atomic E-state index is 0.114. The van der Waals surface area contributed by atoms with Gasteiger partial charge < -0.3 is 4.90 Å². The van der Waals surface area contributed by atoms with E-state index in [2.05, 4.69) is 10.1 Å². The van der Waals surface area contributed by atoms with Crippen molar-refractivity contribution in [3.63, 3.8) is 0 Å². The van der Waals surface area contributed by atoms with Crippen molar-refractivity contribution in [2.45, 2.75) is 19.8 Å². The zero-order valence-corrected chi connectivity index (χ0v) is 14.4. The topological polar surface area (TPSA) is 72.5 Å². The maximum atomic E-state index is 12.7. The molecule has 0 bridgehead atoms. The third kappa shape index (κ3) is 2.43. The maximum absolute atomic E-state index is 12.7. The van der Waals surface area contributed by atoms with Crippen LogP contribution in [0.25, 0.3) is 5.65 Å². The molecule has 0 radical (unpaired) electrons. The number of carbonyl (C=O) groups is 1. The largest absolute Gasteiger partial charge is 0.337 e. The van der Waals surface area contributed by atoms with Gasteiger partial charge in [-0.05, 0) is 31.0 Å². The summed E-state index contributed by atoms with van der Waals surface area (Å²) in [5, 5.41) is 4.25. The Bertz CT molecular complexity index is 1020. The quantitative estimate of drug-likeness (QED) is 0.706. The fourth-order valence-corrected chi connectivity index (χ4v) is 3.46. The molecule has 0 spiro atoms. The number of pyridine rings is 1. The van der Waals surface area contributed by atoms with Crippen LogP contribution < -0.4 is 5.56 Å². The van der Waals surface area contributed by atoms with Crippen molar-refractivity contribution in [1.29, 1.82) is 0 Å². The van der Waals surface area contributed by atoms with Crippen molar-refractivity contribution >= 4 is 11.6 Å². The number of hydrogen-bond donors (Lipinski definition) is 0. The lowest BCUT2D eigenvalue weighted by atomic mass is 9.93. The molecule has 1 aliphatic rings. The molecule has 0 atom stereocenters. The molecule has 1 fully saturated rings. The Balaban J connectivity index is 1.60. The van der Waals surface area contributed by atoms with E-state index in [9.17, 15) is 9.59 Å². The standard InChI is InChI=1S/C18H19N5O2/c1-11-4-5-15-19-7-14(18(25)23(15)8-11)17(24)22-9-13(10-22)16-12(2)6-20-21(16)3/h4-8,13H,9-10H2,1-3H3. The summed E-state index contributed by atoms with van der Waals surface area (Å²) >= 11 is 0. The first-order valence-corrected chi connectivity index (χ1v) is 8.21. The SMILES string of the molecule is Cc1ccc2ncc(C(=O)N3CC(c4c(C)cnn4C)C3)c(=O)n2c1. The van der Waals surface area contributed by atoms with Crippen molar-refractivity contribution in [2.24, 2.45) is 7.05 Å². The predicted octanol–water partition coefficient (Wildman–Crippen LogP) is 1.28. The molecule has 128 valence electrons. The molecular weight excluding hydrogens is 318 g/mol. The third-order valence-electron chi connectivity index (χ3n) is 4.81. The molecule has 25 heavy (non-hydrogen) atoms. The molecule has 0 aliphatic carbocycles. The van der Waals surface area contributed by atoms with Crippen molar-refractivity contribution in [3.05, 3.63) is 63.5 Å². The number of aryl methyl sites for hydroxylation is 3. The molecule has 1 amide bonds. The average molecular weight is 337 g/mol. The van der Waals surface area contributed by atoms with Gasteiger partial charge in [-0.3, -0.25) is 18.7 Å². The first-order valence-electron chi connectivity index (χ1n) is 8.21. The summed E-state index contributed by atoms with van der Waals surface area (Å²) in [6.45, 7) is 5.11. The highest BCUT2D eigenvalue weighted by molar-refractivity contribution is 5.94. The predicted molar refractivity (Wildman–Crippen MR) is 92.8 cm³/mol. The zero-order chi connectivity index (χ0) is 17.7.